The smallest absolute Gasteiger partial charge is 0.322 e. The lowest BCUT2D eigenvalue weighted by molar-refractivity contribution is -0.134. The van der Waals surface area contributed by atoms with E-state index in [-0.39, 0.29) is 24.5 Å². The zero-order valence-corrected chi connectivity index (χ0v) is 20.4. The van der Waals surface area contributed by atoms with Crippen LogP contribution in [0.25, 0.3) is 0 Å². The largest absolute Gasteiger partial charge is 0.497 e. The highest BCUT2D eigenvalue weighted by Gasteiger charge is 2.34. The number of ether oxygens (including phenoxy) is 2. The fraction of sp³-hybridized carbons (Fsp3) is 0.333. The molecule has 1 aliphatic heterocycles. The predicted molar refractivity (Wildman–Crippen MR) is 135 cm³/mol. The Morgan fingerprint density at radius 2 is 1.77 bits per heavy atom. The molecule has 0 aliphatic carbocycles. The number of fused-ring (bicyclic) bond motifs is 1. The second-order valence-corrected chi connectivity index (χ2v) is 8.44. The van der Waals surface area contributed by atoms with Crippen molar-refractivity contribution in [3.05, 3.63) is 78.1 Å². The normalized spacial score (nSPS) is 14.7. The van der Waals surface area contributed by atoms with E-state index < -0.39 is 0 Å². The van der Waals surface area contributed by atoms with Crippen molar-refractivity contribution in [3.63, 3.8) is 0 Å². The summed E-state index contributed by atoms with van der Waals surface area (Å²) in [5.74, 6) is 1.33. The lowest BCUT2D eigenvalue weighted by Gasteiger charge is -2.38. The quantitative estimate of drug-likeness (QED) is 0.524. The molecule has 0 bridgehead atoms. The number of urea groups is 1. The first-order valence-electron chi connectivity index (χ1n) is 11.8. The van der Waals surface area contributed by atoms with E-state index in [1.165, 1.54) is 0 Å². The molecule has 2 heterocycles. The van der Waals surface area contributed by atoms with Crippen molar-refractivity contribution in [1.29, 1.82) is 0 Å². The van der Waals surface area contributed by atoms with Gasteiger partial charge in [0.1, 0.15) is 24.1 Å². The van der Waals surface area contributed by atoms with E-state index in [9.17, 15) is 9.59 Å². The third kappa shape index (κ3) is 5.26. The fourth-order valence-electron chi connectivity index (χ4n) is 4.52. The lowest BCUT2D eigenvalue weighted by Crippen LogP contribution is -2.49. The van der Waals surface area contributed by atoms with Gasteiger partial charge in [0.05, 0.1) is 14.2 Å². The van der Waals surface area contributed by atoms with E-state index in [1.807, 2.05) is 54.4 Å². The Morgan fingerprint density at radius 3 is 2.49 bits per heavy atom. The van der Waals surface area contributed by atoms with Crippen molar-refractivity contribution in [2.45, 2.75) is 25.9 Å². The predicted octanol–water partition coefficient (Wildman–Crippen LogP) is 4.38. The van der Waals surface area contributed by atoms with Crippen LogP contribution < -0.4 is 14.8 Å². The second kappa shape index (κ2) is 11.0. The van der Waals surface area contributed by atoms with Gasteiger partial charge >= 0.3 is 6.03 Å². The zero-order chi connectivity index (χ0) is 24.8. The van der Waals surface area contributed by atoms with E-state index in [0.717, 1.165) is 23.4 Å². The Hall–Kier alpha value is -3.94. The summed E-state index contributed by atoms with van der Waals surface area (Å²) in [4.78, 5) is 30.2. The van der Waals surface area contributed by atoms with Crippen LogP contribution in [0.5, 0.6) is 11.5 Å². The Morgan fingerprint density at radius 1 is 1.00 bits per heavy atom. The lowest BCUT2D eigenvalue weighted by atomic mass is 9.98. The van der Waals surface area contributed by atoms with Gasteiger partial charge in [0, 0.05) is 42.8 Å². The number of carbonyl (C=O) groups excluding carboxylic acids is 2. The van der Waals surface area contributed by atoms with Crippen LogP contribution in [-0.4, -0.2) is 60.2 Å². The van der Waals surface area contributed by atoms with E-state index in [4.69, 9.17) is 9.47 Å². The first kappa shape index (κ1) is 24.2. The van der Waals surface area contributed by atoms with Gasteiger partial charge in [0.15, 0.2) is 0 Å². The first-order chi connectivity index (χ1) is 17.0. The number of aromatic nitrogens is 1. The number of hydrogen-bond acceptors (Lipinski definition) is 4. The van der Waals surface area contributed by atoms with Crippen molar-refractivity contribution in [2.75, 3.05) is 39.2 Å². The third-order valence-electron chi connectivity index (χ3n) is 6.24. The van der Waals surface area contributed by atoms with Crippen LogP contribution in [0.3, 0.4) is 0 Å². The summed E-state index contributed by atoms with van der Waals surface area (Å²) in [6.07, 6.45) is 2.77. The first-order valence-corrected chi connectivity index (χ1v) is 11.8. The average molecular weight is 477 g/mol. The van der Waals surface area contributed by atoms with E-state index >= 15 is 0 Å². The molecule has 1 N–H and O–H groups in total. The number of rotatable bonds is 8. The highest BCUT2D eigenvalue weighted by Crippen LogP contribution is 2.37. The number of nitrogens with one attached hydrogen (secondary N) is 1. The summed E-state index contributed by atoms with van der Waals surface area (Å²) in [5, 5.41) is 2.90. The van der Waals surface area contributed by atoms with Crippen molar-refractivity contribution >= 4 is 17.6 Å². The molecule has 3 amide bonds. The maximum absolute atomic E-state index is 13.7. The van der Waals surface area contributed by atoms with E-state index in [0.29, 0.717) is 31.1 Å². The molecule has 0 unspecified atom stereocenters. The molecular formula is C27H32N4O4. The van der Waals surface area contributed by atoms with Crippen LogP contribution in [0.2, 0.25) is 0 Å². The molecule has 0 radical (unpaired) electrons. The summed E-state index contributed by atoms with van der Waals surface area (Å²) < 4.78 is 13.0. The molecule has 1 aliphatic rings. The molecule has 0 saturated heterocycles. The highest BCUT2D eigenvalue weighted by molar-refractivity contribution is 5.92. The molecular weight excluding hydrogens is 444 g/mol. The molecule has 0 spiro atoms. The number of hydrogen-bond donors (Lipinski definition) is 1. The average Bonchev–Trinajstić information content (AvgIpc) is 3.37. The molecule has 0 fully saturated rings. The molecule has 8 nitrogen and oxygen atoms in total. The van der Waals surface area contributed by atoms with Gasteiger partial charge in [-0.15, -0.1) is 0 Å². The minimum Gasteiger partial charge on any atom is -0.497 e. The number of carbonyl (C=O) groups is 2. The second-order valence-electron chi connectivity index (χ2n) is 8.44. The van der Waals surface area contributed by atoms with Crippen LogP contribution in [-0.2, 0) is 11.3 Å². The molecule has 0 saturated carbocycles. The molecule has 1 aromatic heterocycles. The molecule has 184 valence electrons. The molecule has 35 heavy (non-hydrogen) atoms. The standard InChI is InChI=1S/C27H32N4O4/c1-4-15-30(27(33)28-20-11-13-21(34-2)14-12-20)19-25(32)31-18-17-29-16-7-9-23(29)26(31)22-8-5-6-10-24(22)35-3/h5-14,16,26H,4,15,17-19H2,1-3H3,(H,28,33)/t26-/m0/s1. The van der Waals surface area contributed by atoms with Gasteiger partial charge in [-0.3, -0.25) is 4.79 Å². The van der Waals surface area contributed by atoms with Gasteiger partial charge in [-0.05, 0) is 48.9 Å². The zero-order valence-electron chi connectivity index (χ0n) is 20.4. The van der Waals surface area contributed by atoms with Crippen molar-refractivity contribution in [1.82, 2.24) is 14.4 Å². The highest BCUT2D eigenvalue weighted by atomic mass is 16.5. The Labute approximate surface area is 206 Å². The molecule has 8 heteroatoms. The maximum Gasteiger partial charge on any atom is 0.322 e. The van der Waals surface area contributed by atoms with Gasteiger partial charge in [0.2, 0.25) is 5.91 Å². The number of nitrogens with zero attached hydrogens (tertiary/aromatic N) is 3. The SMILES string of the molecule is CCCN(CC(=O)N1CCn2cccc2[C@@H]1c1ccccc1OC)C(=O)Nc1ccc(OC)cc1. The summed E-state index contributed by atoms with van der Waals surface area (Å²) in [7, 11) is 3.23. The number of anilines is 1. The summed E-state index contributed by atoms with van der Waals surface area (Å²) in [5.41, 5.74) is 2.60. The topological polar surface area (TPSA) is 76.0 Å². The van der Waals surface area contributed by atoms with Crippen LogP contribution in [0, 0.1) is 0 Å². The van der Waals surface area contributed by atoms with Crippen LogP contribution >= 0.6 is 0 Å². The number of benzene rings is 2. The van der Waals surface area contributed by atoms with Gasteiger partial charge in [-0.2, -0.15) is 0 Å². The van der Waals surface area contributed by atoms with Crippen molar-refractivity contribution in [3.8, 4) is 11.5 Å². The van der Waals surface area contributed by atoms with Gasteiger partial charge in [-0.1, -0.05) is 25.1 Å². The van der Waals surface area contributed by atoms with E-state index in [2.05, 4.69) is 9.88 Å². The summed E-state index contributed by atoms with van der Waals surface area (Å²) in [6, 6.07) is 18.3. The Bertz CT molecular complexity index is 1160. The molecule has 2 aromatic carbocycles. The van der Waals surface area contributed by atoms with Gasteiger partial charge in [0.25, 0.3) is 0 Å². The Balaban J connectivity index is 1.56. The van der Waals surface area contributed by atoms with Crippen molar-refractivity contribution in [2.24, 2.45) is 0 Å². The third-order valence-corrected chi connectivity index (χ3v) is 6.24. The number of methoxy groups -OCH3 is 2. The molecule has 1 atom stereocenters. The number of amides is 3. The van der Waals surface area contributed by atoms with Crippen LogP contribution in [0.1, 0.15) is 30.6 Å². The minimum absolute atomic E-state index is 0.0117. The summed E-state index contributed by atoms with van der Waals surface area (Å²) in [6.45, 7) is 3.69. The van der Waals surface area contributed by atoms with Gasteiger partial charge < -0.3 is 29.2 Å². The Kier molecular flexibility index (Phi) is 7.60. The maximum atomic E-state index is 13.7. The molecule has 4 rings (SSSR count). The monoisotopic (exact) mass is 476 g/mol. The number of para-hydroxylation sites is 1. The van der Waals surface area contributed by atoms with E-state index in [1.54, 1.807) is 43.4 Å². The molecule has 3 aromatic rings. The minimum atomic E-state index is -0.306. The fourth-order valence-corrected chi connectivity index (χ4v) is 4.52. The van der Waals surface area contributed by atoms with Crippen LogP contribution in [0.4, 0.5) is 10.5 Å². The van der Waals surface area contributed by atoms with Crippen LogP contribution in [0.15, 0.2) is 66.9 Å². The van der Waals surface area contributed by atoms with Crippen molar-refractivity contribution < 1.29 is 19.1 Å². The summed E-state index contributed by atoms with van der Waals surface area (Å²) >= 11 is 0. The van der Waals surface area contributed by atoms with Gasteiger partial charge in [-0.25, -0.2) is 4.79 Å².